The number of carbonyl (C=O) groups is 2. The zero-order chi connectivity index (χ0) is 22.3. The second kappa shape index (κ2) is 10.1. The van der Waals surface area contributed by atoms with Crippen LogP contribution in [0, 0.1) is 5.92 Å². The highest BCUT2D eigenvalue weighted by atomic mass is 16.5. The molecule has 1 fully saturated rings. The largest absolute Gasteiger partial charge is 0.465 e. The third-order valence-corrected chi connectivity index (χ3v) is 5.93. The van der Waals surface area contributed by atoms with Crippen LogP contribution in [0.25, 0.3) is 0 Å². The molecular weight excluding hydrogens is 402 g/mol. The standard InChI is InChI=1S/C27H27NO4/c29-26(32-19-23-9-5-2-6-10-23)25-17-24(18-28(25)27(30)31)16-22-13-11-21(12-14-22)15-20-7-3-1-4-8-20/h1-14,24-25H,15-19H2,(H,30,31)/t24-,25+/m0/s1. The van der Waals surface area contributed by atoms with Gasteiger partial charge in [0.05, 0.1) is 0 Å². The molecule has 1 heterocycles. The summed E-state index contributed by atoms with van der Waals surface area (Å²) in [5, 5.41) is 9.60. The van der Waals surface area contributed by atoms with Crippen LogP contribution in [-0.4, -0.2) is 34.7 Å². The van der Waals surface area contributed by atoms with Crippen molar-refractivity contribution >= 4 is 12.1 Å². The number of ether oxygens (including phenoxy) is 1. The minimum Gasteiger partial charge on any atom is -0.465 e. The number of carbonyl (C=O) groups excluding carboxylic acids is 1. The Bertz CT molecular complexity index is 1030. The fraction of sp³-hybridized carbons (Fsp3) is 0.259. The Hall–Kier alpha value is -3.60. The Balaban J connectivity index is 1.35. The van der Waals surface area contributed by atoms with E-state index < -0.39 is 18.1 Å². The van der Waals surface area contributed by atoms with Gasteiger partial charge in [-0.25, -0.2) is 9.59 Å². The molecule has 4 rings (SSSR count). The number of amides is 1. The molecular formula is C27H27NO4. The fourth-order valence-electron chi connectivity index (χ4n) is 4.29. The lowest BCUT2D eigenvalue weighted by molar-refractivity contribution is -0.149. The van der Waals surface area contributed by atoms with Gasteiger partial charge in [-0.05, 0) is 47.4 Å². The van der Waals surface area contributed by atoms with Crippen molar-refractivity contribution < 1.29 is 19.4 Å². The van der Waals surface area contributed by atoms with Gasteiger partial charge in [-0.2, -0.15) is 0 Å². The quantitative estimate of drug-likeness (QED) is 0.541. The molecule has 5 nitrogen and oxygen atoms in total. The van der Waals surface area contributed by atoms with Crippen LogP contribution in [-0.2, 0) is 29.0 Å². The molecule has 0 saturated carbocycles. The van der Waals surface area contributed by atoms with Crippen molar-refractivity contribution in [3.63, 3.8) is 0 Å². The van der Waals surface area contributed by atoms with Crippen molar-refractivity contribution in [1.29, 1.82) is 0 Å². The molecule has 164 valence electrons. The van der Waals surface area contributed by atoms with E-state index in [0.717, 1.165) is 24.0 Å². The Morgan fingerprint density at radius 2 is 1.38 bits per heavy atom. The molecule has 3 aromatic rings. The van der Waals surface area contributed by atoms with Gasteiger partial charge >= 0.3 is 12.1 Å². The fourth-order valence-corrected chi connectivity index (χ4v) is 4.29. The zero-order valence-corrected chi connectivity index (χ0v) is 17.9. The highest BCUT2D eigenvalue weighted by Crippen LogP contribution is 2.28. The van der Waals surface area contributed by atoms with Gasteiger partial charge in [0.1, 0.15) is 12.6 Å². The van der Waals surface area contributed by atoms with Crippen molar-refractivity contribution in [3.8, 4) is 0 Å². The van der Waals surface area contributed by atoms with Crippen LogP contribution in [0.15, 0.2) is 84.9 Å². The normalized spacial score (nSPS) is 17.8. The number of esters is 1. The van der Waals surface area contributed by atoms with Gasteiger partial charge in [0.25, 0.3) is 0 Å². The van der Waals surface area contributed by atoms with Crippen molar-refractivity contribution in [2.24, 2.45) is 5.92 Å². The number of nitrogens with zero attached hydrogens (tertiary/aromatic N) is 1. The topological polar surface area (TPSA) is 66.8 Å². The molecule has 2 atom stereocenters. The van der Waals surface area contributed by atoms with Gasteiger partial charge in [0, 0.05) is 6.54 Å². The maximum Gasteiger partial charge on any atom is 0.408 e. The lowest BCUT2D eigenvalue weighted by Crippen LogP contribution is -2.40. The van der Waals surface area contributed by atoms with Crippen molar-refractivity contribution in [2.45, 2.75) is 31.9 Å². The van der Waals surface area contributed by atoms with E-state index in [1.54, 1.807) is 0 Å². The van der Waals surface area contributed by atoms with Crippen molar-refractivity contribution in [3.05, 3.63) is 107 Å². The summed E-state index contributed by atoms with van der Waals surface area (Å²) in [5.41, 5.74) is 4.54. The summed E-state index contributed by atoms with van der Waals surface area (Å²) in [4.78, 5) is 25.6. The second-order valence-corrected chi connectivity index (χ2v) is 8.33. The monoisotopic (exact) mass is 429 g/mol. The number of hydrogen-bond acceptors (Lipinski definition) is 3. The van der Waals surface area contributed by atoms with E-state index in [0.29, 0.717) is 13.0 Å². The van der Waals surface area contributed by atoms with E-state index in [4.69, 9.17) is 4.74 Å². The second-order valence-electron chi connectivity index (χ2n) is 8.33. The Morgan fingerprint density at radius 1 is 0.812 bits per heavy atom. The Labute approximate surface area is 188 Å². The maximum absolute atomic E-state index is 12.6. The van der Waals surface area contributed by atoms with E-state index >= 15 is 0 Å². The molecule has 0 aromatic heterocycles. The molecule has 3 aromatic carbocycles. The average molecular weight is 430 g/mol. The van der Waals surface area contributed by atoms with E-state index in [1.165, 1.54) is 16.0 Å². The summed E-state index contributed by atoms with van der Waals surface area (Å²) in [6.07, 6.45) is 1.02. The summed E-state index contributed by atoms with van der Waals surface area (Å²) in [6.45, 7) is 0.489. The first-order chi connectivity index (χ1) is 15.6. The average Bonchev–Trinajstić information content (AvgIpc) is 3.24. The van der Waals surface area contributed by atoms with Gasteiger partial charge < -0.3 is 9.84 Å². The summed E-state index contributed by atoms with van der Waals surface area (Å²) in [7, 11) is 0. The molecule has 0 bridgehead atoms. The van der Waals surface area contributed by atoms with Crippen LogP contribution in [0.5, 0.6) is 0 Å². The van der Waals surface area contributed by atoms with Crippen LogP contribution in [0.1, 0.15) is 28.7 Å². The van der Waals surface area contributed by atoms with Gasteiger partial charge in [0.2, 0.25) is 0 Å². The van der Waals surface area contributed by atoms with Crippen molar-refractivity contribution in [2.75, 3.05) is 6.54 Å². The molecule has 5 heteroatoms. The van der Waals surface area contributed by atoms with Crippen LogP contribution in [0.2, 0.25) is 0 Å². The molecule has 1 N–H and O–H groups in total. The van der Waals surface area contributed by atoms with Gasteiger partial charge in [-0.1, -0.05) is 84.9 Å². The van der Waals surface area contributed by atoms with E-state index in [2.05, 4.69) is 36.4 Å². The summed E-state index contributed by atoms with van der Waals surface area (Å²) < 4.78 is 5.42. The Morgan fingerprint density at radius 3 is 2.00 bits per heavy atom. The highest BCUT2D eigenvalue weighted by molar-refractivity contribution is 5.81. The highest BCUT2D eigenvalue weighted by Gasteiger charge is 2.40. The minimum atomic E-state index is -1.08. The first kappa shape index (κ1) is 21.6. The molecule has 1 aliphatic heterocycles. The smallest absolute Gasteiger partial charge is 0.408 e. The number of carboxylic acid groups (broad SMARTS) is 1. The molecule has 0 radical (unpaired) electrons. The number of hydrogen-bond donors (Lipinski definition) is 1. The molecule has 0 unspecified atom stereocenters. The lowest BCUT2D eigenvalue weighted by Gasteiger charge is -2.19. The minimum absolute atomic E-state index is 0.0837. The molecule has 1 amide bonds. The predicted octanol–water partition coefficient (Wildman–Crippen LogP) is 4.93. The zero-order valence-electron chi connectivity index (χ0n) is 17.9. The van der Waals surface area contributed by atoms with E-state index in [1.807, 2.05) is 48.5 Å². The van der Waals surface area contributed by atoms with Gasteiger partial charge in [0.15, 0.2) is 0 Å². The summed E-state index contributed by atoms with van der Waals surface area (Å²) >= 11 is 0. The van der Waals surface area contributed by atoms with Crippen LogP contribution in [0.4, 0.5) is 4.79 Å². The van der Waals surface area contributed by atoms with Crippen LogP contribution >= 0.6 is 0 Å². The number of rotatable bonds is 7. The van der Waals surface area contributed by atoms with Crippen LogP contribution in [0.3, 0.4) is 0 Å². The maximum atomic E-state index is 12.6. The van der Waals surface area contributed by atoms with Gasteiger partial charge in [-0.3, -0.25) is 4.90 Å². The third kappa shape index (κ3) is 5.55. The predicted molar refractivity (Wildman–Crippen MR) is 122 cm³/mol. The van der Waals surface area contributed by atoms with Crippen LogP contribution < -0.4 is 0 Å². The summed E-state index contributed by atoms with van der Waals surface area (Å²) in [5.74, 6) is -0.391. The first-order valence-corrected chi connectivity index (χ1v) is 10.9. The lowest BCUT2D eigenvalue weighted by atomic mass is 9.95. The molecule has 32 heavy (non-hydrogen) atoms. The molecule has 1 aliphatic rings. The van der Waals surface area contributed by atoms with E-state index in [-0.39, 0.29) is 12.5 Å². The number of benzene rings is 3. The summed E-state index contributed by atoms with van der Waals surface area (Å²) in [6, 6.07) is 27.4. The molecule has 1 saturated heterocycles. The number of likely N-dealkylation sites (tertiary alicyclic amines) is 1. The molecule has 0 aliphatic carbocycles. The Kier molecular flexibility index (Phi) is 6.85. The SMILES string of the molecule is O=C(OCc1ccccc1)[C@H]1C[C@H](Cc2ccc(Cc3ccccc3)cc2)CN1C(=O)O. The first-order valence-electron chi connectivity index (χ1n) is 10.9. The third-order valence-electron chi connectivity index (χ3n) is 5.93. The van der Waals surface area contributed by atoms with Crippen molar-refractivity contribution in [1.82, 2.24) is 4.90 Å². The molecule has 0 spiro atoms. The van der Waals surface area contributed by atoms with E-state index in [9.17, 15) is 14.7 Å². The van der Waals surface area contributed by atoms with Gasteiger partial charge in [-0.15, -0.1) is 0 Å².